The first-order valence-electron chi connectivity index (χ1n) is 5.87. The van der Waals surface area contributed by atoms with Crippen molar-refractivity contribution in [2.75, 3.05) is 19.6 Å². The molecule has 0 saturated carbocycles. The summed E-state index contributed by atoms with van der Waals surface area (Å²) in [4.78, 5) is 23.2. The van der Waals surface area contributed by atoms with Gasteiger partial charge in [0.2, 0.25) is 0 Å². The van der Waals surface area contributed by atoms with Crippen LogP contribution in [0.5, 0.6) is 0 Å². The summed E-state index contributed by atoms with van der Waals surface area (Å²) in [6.45, 7) is 3.97. The van der Waals surface area contributed by atoms with Crippen LogP contribution in [0.15, 0.2) is 0 Å². The molecule has 0 amide bonds. The maximum Gasteiger partial charge on any atom is 0.313 e. The van der Waals surface area contributed by atoms with Gasteiger partial charge in [-0.05, 0) is 13.3 Å². The van der Waals surface area contributed by atoms with Gasteiger partial charge in [0, 0.05) is 18.9 Å². The third kappa shape index (κ3) is 6.03. The van der Waals surface area contributed by atoms with Crippen LogP contribution in [0.25, 0.3) is 0 Å². The Labute approximate surface area is 108 Å². The number of carbonyl (C=O) groups is 2. The van der Waals surface area contributed by atoms with E-state index >= 15 is 0 Å². The Balaban J connectivity index is 4.47. The van der Waals surface area contributed by atoms with E-state index in [1.54, 1.807) is 6.92 Å². The van der Waals surface area contributed by atoms with Crippen molar-refractivity contribution in [1.82, 2.24) is 0 Å². The van der Waals surface area contributed by atoms with E-state index in [0.29, 0.717) is 6.42 Å². The van der Waals surface area contributed by atoms with Crippen LogP contribution in [0.4, 0.5) is 0 Å². The molecule has 0 rings (SSSR count). The number of hydrogen-bond acceptors (Lipinski definition) is 4. The van der Waals surface area contributed by atoms with Crippen molar-refractivity contribution in [3.8, 4) is 0 Å². The molecule has 0 radical (unpaired) electrons. The molecule has 17 heavy (non-hydrogen) atoms. The lowest BCUT2D eigenvalue weighted by Gasteiger charge is -2.22. The fourth-order valence-corrected chi connectivity index (χ4v) is 2.03. The number of rotatable bonds is 9. The van der Waals surface area contributed by atoms with E-state index in [9.17, 15) is 9.59 Å². The lowest BCUT2D eigenvalue weighted by molar-refractivity contribution is -0.147. The maximum absolute atomic E-state index is 11.9. The van der Waals surface area contributed by atoms with Crippen LogP contribution in [0.3, 0.4) is 0 Å². The second-order valence-corrected chi connectivity index (χ2v) is 4.08. The molecular formula is C12H21ClO4. The molecule has 0 aliphatic rings. The standard InChI is InChI=1S/C12H21ClO4/c1-4-6-9(11(8-13)16-3)10(14)7-12(15)17-5-2/h9,11H,4-8H2,1-3H3/t9-,11-/m1/s1. The molecule has 0 N–H and O–H groups in total. The van der Waals surface area contributed by atoms with Gasteiger partial charge in [0.15, 0.2) is 0 Å². The zero-order valence-corrected chi connectivity index (χ0v) is 11.5. The second-order valence-electron chi connectivity index (χ2n) is 3.77. The van der Waals surface area contributed by atoms with Gasteiger partial charge in [0.25, 0.3) is 0 Å². The van der Waals surface area contributed by atoms with Gasteiger partial charge >= 0.3 is 5.97 Å². The minimum Gasteiger partial charge on any atom is -0.466 e. The van der Waals surface area contributed by atoms with Gasteiger partial charge in [-0.25, -0.2) is 0 Å². The minimum atomic E-state index is -0.483. The van der Waals surface area contributed by atoms with Gasteiger partial charge in [-0.3, -0.25) is 9.59 Å². The average molecular weight is 265 g/mol. The van der Waals surface area contributed by atoms with E-state index in [-0.39, 0.29) is 36.7 Å². The molecule has 100 valence electrons. The molecule has 5 heteroatoms. The van der Waals surface area contributed by atoms with Gasteiger partial charge < -0.3 is 9.47 Å². The molecule has 0 unspecified atom stereocenters. The van der Waals surface area contributed by atoms with Crippen molar-refractivity contribution in [2.45, 2.75) is 39.2 Å². The van der Waals surface area contributed by atoms with E-state index in [1.165, 1.54) is 7.11 Å². The van der Waals surface area contributed by atoms with Gasteiger partial charge in [-0.1, -0.05) is 13.3 Å². The summed E-state index contributed by atoms with van der Waals surface area (Å²) < 4.78 is 9.93. The largest absolute Gasteiger partial charge is 0.466 e. The smallest absolute Gasteiger partial charge is 0.313 e. The number of methoxy groups -OCH3 is 1. The lowest BCUT2D eigenvalue weighted by atomic mass is 9.91. The third-order valence-corrected chi connectivity index (χ3v) is 2.84. The van der Waals surface area contributed by atoms with Crippen LogP contribution < -0.4 is 0 Å². The lowest BCUT2D eigenvalue weighted by Crippen LogP contribution is -2.32. The van der Waals surface area contributed by atoms with E-state index < -0.39 is 5.97 Å². The van der Waals surface area contributed by atoms with Crippen molar-refractivity contribution in [2.24, 2.45) is 5.92 Å². The molecule has 0 aliphatic carbocycles. The molecule has 0 heterocycles. The highest BCUT2D eigenvalue weighted by Gasteiger charge is 2.28. The van der Waals surface area contributed by atoms with E-state index in [1.807, 2.05) is 6.92 Å². The molecular weight excluding hydrogens is 244 g/mol. The Hall–Kier alpha value is -0.610. The highest BCUT2D eigenvalue weighted by atomic mass is 35.5. The Bertz CT molecular complexity index is 239. The quantitative estimate of drug-likeness (QED) is 0.364. The fourth-order valence-electron chi connectivity index (χ4n) is 1.69. The molecule has 0 aromatic heterocycles. The molecule has 0 aromatic rings. The molecule has 2 atom stereocenters. The Morgan fingerprint density at radius 2 is 1.94 bits per heavy atom. The van der Waals surface area contributed by atoms with Gasteiger partial charge in [-0.15, -0.1) is 11.6 Å². The summed E-state index contributed by atoms with van der Waals surface area (Å²) in [6.07, 6.45) is 0.980. The van der Waals surface area contributed by atoms with Gasteiger partial charge in [0.05, 0.1) is 12.7 Å². The van der Waals surface area contributed by atoms with Crippen LogP contribution >= 0.6 is 11.6 Å². The zero-order valence-electron chi connectivity index (χ0n) is 10.7. The van der Waals surface area contributed by atoms with Crippen molar-refractivity contribution in [3.05, 3.63) is 0 Å². The van der Waals surface area contributed by atoms with Gasteiger partial charge in [0.1, 0.15) is 12.2 Å². The summed E-state index contributed by atoms with van der Waals surface area (Å²) >= 11 is 5.75. The second kappa shape index (κ2) is 9.42. The molecule has 0 fully saturated rings. The summed E-state index contributed by atoms with van der Waals surface area (Å²) in [6, 6.07) is 0. The average Bonchev–Trinajstić information content (AvgIpc) is 2.29. The predicted octanol–water partition coefficient (Wildman–Crippen LogP) is 2.18. The topological polar surface area (TPSA) is 52.6 Å². The summed E-state index contributed by atoms with van der Waals surface area (Å²) in [5, 5.41) is 0. The van der Waals surface area contributed by atoms with Crippen LogP contribution in [-0.2, 0) is 19.1 Å². The normalized spacial score (nSPS) is 14.1. The number of carbonyl (C=O) groups excluding carboxylic acids is 2. The first-order valence-corrected chi connectivity index (χ1v) is 6.41. The predicted molar refractivity (Wildman–Crippen MR) is 66.2 cm³/mol. The highest BCUT2D eigenvalue weighted by molar-refractivity contribution is 6.18. The van der Waals surface area contributed by atoms with Crippen molar-refractivity contribution in [3.63, 3.8) is 0 Å². The van der Waals surface area contributed by atoms with Crippen LogP contribution in [0.2, 0.25) is 0 Å². The third-order valence-electron chi connectivity index (χ3n) is 2.54. The highest BCUT2D eigenvalue weighted by Crippen LogP contribution is 2.18. The number of hydrogen-bond donors (Lipinski definition) is 0. The summed E-state index contributed by atoms with van der Waals surface area (Å²) in [5.41, 5.74) is 0. The zero-order chi connectivity index (χ0) is 13.3. The van der Waals surface area contributed by atoms with Gasteiger partial charge in [-0.2, -0.15) is 0 Å². The van der Waals surface area contributed by atoms with E-state index in [0.717, 1.165) is 6.42 Å². The SMILES string of the molecule is CCC[C@H](C(=O)CC(=O)OCC)[C@@H](CCl)OC. The van der Waals surface area contributed by atoms with Crippen molar-refractivity contribution < 1.29 is 19.1 Å². The number of alkyl halides is 1. The fraction of sp³-hybridized carbons (Fsp3) is 0.833. The Morgan fingerprint density at radius 3 is 2.35 bits per heavy atom. The van der Waals surface area contributed by atoms with Crippen LogP contribution in [0, 0.1) is 5.92 Å². The van der Waals surface area contributed by atoms with Crippen LogP contribution in [-0.4, -0.2) is 37.5 Å². The first kappa shape index (κ1) is 16.4. The monoisotopic (exact) mass is 264 g/mol. The number of ether oxygens (including phenoxy) is 2. The number of halogens is 1. The summed E-state index contributed by atoms with van der Waals surface area (Å²) in [5.74, 6) is -0.719. The molecule has 4 nitrogen and oxygen atoms in total. The minimum absolute atomic E-state index is 0.155. The summed E-state index contributed by atoms with van der Waals surface area (Å²) in [7, 11) is 1.52. The van der Waals surface area contributed by atoms with E-state index in [2.05, 4.69) is 0 Å². The van der Waals surface area contributed by atoms with Crippen molar-refractivity contribution >= 4 is 23.4 Å². The van der Waals surface area contributed by atoms with Crippen LogP contribution in [0.1, 0.15) is 33.1 Å². The Kier molecular flexibility index (Phi) is 9.09. The molecule has 0 aromatic carbocycles. The first-order chi connectivity index (χ1) is 8.10. The molecule has 0 aliphatic heterocycles. The molecule has 0 saturated heterocycles. The molecule has 0 spiro atoms. The molecule has 0 bridgehead atoms. The maximum atomic E-state index is 11.9. The number of ketones is 1. The van der Waals surface area contributed by atoms with Crippen molar-refractivity contribution in [1.29, 1.82) is 0 Å². The number of esters is 1. The Morgan fingerprint density at radius 1 is 1.29 bits per heavy atom. The number of Topliss-reactive ketones (excluding diaryl/α,β-unsaturated/α-hetero) is 1. The van der Waals surface area contributed by atoms with E-state index in [4.69, 9.17) is 21.1 Å².